The lowest BCUT2D eigenvalue weighted by atomic mass is 9.83. The van der Waals surface area contributed by atoms with E-state index in [1.54, 1.807) is 13.8 Å². The molecule has 1 heterocycles. The normalized spacial score (nSPS) is 17.8. The van der Waals surface area contributed by atoms with Crippen LogP contribution in [0.3, 0.4) is 0 Å². The van der Waals surface area contributed by atoms with E-state index in [1.807, 2.05) is 31.2 Å². The SMILES string of the molecule is CCC(C)(C)C(=O)C(=O)N1Cc2ccccc2C[C@H]1C(=O)O. The summed E-state index contributed by atoms with van der Waals surface area (Å²) in [5, 5.41) is 9.42. The van der Waals surface area contributed by atoms with Crippen LogP contribution in [0, 0.1) is 5.41 Å². The standard InChI is InChI=1S/C17H21NO4/c1-4-17(2,3)14(19)15(20)18-10-12-8-6-5-7-11(12)9-13(18)16(21)22/h5-8,13H,4,9-10H2,1-3H3,(H,21,22)/t13-/m0/s1. The zero-order chi connectivity index (χ0) is 16.5. The van der Waals surface area contributed by atoms with E-state index in [1.165, 1.54) is 4.90 Å². The second kappa shape index (κ2) is 5.91. The molecule has 0 fully saturated rings. The number of carbonyl (C=O) groups excluding carboxylic acids is 2. The van der Waals surface area contributed by atoms with Gasteiger partial charge in [-0.3, -0.25) is 9.59 Å². The zero-order valence-electron chi connectivity index (χ0n) is 13.1. The van der Waals surface area contributed by atoms with Crippen LogP contribution in [-0.4, -0.2) is 33.7 Å². The number of nitrogens with zero attached hydrogens (tertiary/aromatic N) is 1. The number of carbonyl (C=O) groups is 3. The Balaban J connectivity index is 2.34. The van der Waals surface area contributed by atoms with E-state index in [-0.39, 0.29) is 13.0 Å². The Morgan fingerprint density at radius 3 is 2.36 bits per heavy atom. The molecule has 22 heavy (non-hydrogen) atoms. The van der Waals surface area contributed by atoms with E-state index in [0.29, 0.717) is 6.42 Å². The van der Waals surface area contributed by atoms with Crippen LogP contribution in [0.2, 0.25) is 0 Å². The Labute approximate surface area is 129 Å². The first-order chi connectivity index (χ1) is 10.3. The zero-order valence-corrected chi connectivity index (χ0v) is 13.1. The molecule has 0 spiro atoms. The van der Waals surface area contributed by atoms with E-state index in [2.05, 4.69) is 0 Å². The van der Waals surface area contributed by atoms with E-state index in [4.69, 9.17) is 0 Å². The minimum atomic E-state index is -1.08. The molecule has 0 saturated carbocycles. The molecule has 0 unspecified atom stereocenters. The van der Waals surface area contributed by atoms with Crippen LogP contribution < -0.4 is 0 Å². The molecule has 5 heteroatoms. The van der Waals surface area contributed by atoms with Crippen LogP contribution in [0.25, 0.3) is 0 Å². The van der Waals surface area contributed by atoms with Gasteiger partial charge in [-0.25, -0.2) is 4.79 Å². The number of rotatable bonds is 4. The number of Topliss-reactive ketones (excluding diaryl/α,β-unsaturated/α-hetero) is 1. The van der Waals surface area contributed by atoms with Gasteiger partial charge >= 0.3 is 5.97 Å². The molecule has 0 radical (unpaired) electrons. The molecule has 5 nitrogen and oxygen atoms in total. The second-order valence-electron chi connectivity index (χ2n) is 6.33. The maximum atomic E-state index is 12.5. The first-order valence-electron chi connectivity index (χ1n) is 7.43. The molecule has 0 bridgehead atoms. The molecule has 0 aromatic heterocycles. The van der Waals surface area contributed by atoms with Crippen LogP contribution in [0.1, 0.15) is 38.3 Å². The third-order valence-corrected chi connectivity index (χ3v) is 4.49. The Hall–Kier alpha value is -2.17. The van der Waals surface area contributed by atoms with Crippen molar-refractivity contribution >= 4 is 17.7 Å². The maximum Gasteiger partial charge on any atom is 0.326 e. The summed E-state index contributed by atoms with van der Waals surface area (Å²) in [6.07, 6.45) is 0.761. The van der Waals surface area contributed by atoms with Gasteiger partial charge in [0.05, 0.1) is 0 Å². The minimum absolute atomic E-state index is 0.164. The molecule has 1 aromatic carbocycles. The third kappa shape index (κ3) is 2.89. The topological polar surface area (TPSA) is 74.7 Å². The fourth-order valence-electron chi connectivity index (χ4n) is 2.54. The van der Waals surface area contributed by atoms with Crippen molar-refractivity contribution in [2.45, 2.75) is 46.2 Å². The van der Waals surface area contributed by atoms with E-state index < -0.39 is 29.1 Å². The van der Waals surface area contributed by atoms with Gasteiger partial charge in [0.25, 0.3) is 5.91 Å². The highest BCUT2D eigenvalue weighted by Gasteiger charge is 2.41. The van der Waals surface area contributed by atoms with Crippen LogP contribution in [0.5, 0.6) is 0 Å². The second-order valence-corrected chi connectivity index (χ2v) is 6.33. The molecule has 1 atom stereocenters. The molecular formula is C17H21NO4. The number of hydrogen-bond donors (Lipinski definition) is 1. The van der Waals surface area contributed by atoms with Crippen LogP contribution in [-0.2, 0) is 27.3 Å². The van der Waals surface area contributed by atoms with Crippen LogP contribution in [0.4, 0.5) is 0 Å². The molecule has 1 aromatic rings. The van der Waals surface area contributed by atoms with Crippen molar-refractivity contribution in [1.82, 2.24) is 4.90 Å². The van der Waals surface area contributed by atoms with Gasteiger partial charge in [0, 0.05) is 18.4 Å². The van der Waals surface area contributed by atoms with Gasteiger partial charge in [0.1, 0.15) is 6.04 Å². The van der Waals surface area contributed by atoms with Crippen LogP contribution in [0.15, 0.2) is 24.3 Å². The molecule has 0 aliphatic carbocycles. The summed E-state index contributed by atoms with van der Waals surface area (Å²) >= 11 is 0. The number of ketones is 1. The molecule has 118 valence electrons. The summed E-state index contributed by atoms with van der Waals surface area (Å²) in [5.41, 5.74) is 1.04. The molecule has 0 saturated heterocycles. The lowest BCUT2D eigenvalue weighted by Gasteiger charge is -2.35. The van der Waals surface area contributed by atoms with Crippen molar-refractivity contribution in [2.24, 2.45) is 5.41 Å². The van der Waals surface area contributed by atoms with Gasteiger partial charge in [-0.1, -0.05) is 45.0 Å². The quantitative estimate of drug-likeness (QED) is 0.864. The summed E-state index contributed by atoms with van der Waals surface area (Å²) in [6.45, 7) is 5.42. The van der Waals surface area contributed by atoms with Crippen LogP contribution >= 0.6 is 0 Å². The average molecular weight is 303 g/mol. The Morgan fingerprint density at radius 2 is 1.82 bits per heavy atom. The number of benzene rings is 1. The molecule has 1 amide bonds. The first kappa shape index (κ1) is 16.2. The number of hydrogen-bond acceptors (Lipinski definition) is 3. The van der Waals surface area contributed by atoms with Gasteiger partial charge in [0.2, 0.25) is 5.78 Å². The van der Waals surface area contributed by atoms with Crippen molar-refractivity contribution < 1.29 is 19.5 Å². The first-order valence-corrected chi connectivity index (χ1v) is 7.43. The molecule has 1 N–H and O–H groups in total. The fourth-order valence-corrected chi connectivity index (χ4v) is 2.54. The summed E-state index contributed by atoms with van der Waals surface area (Å²) < 4.78 is 0. The maximum absolute atomic E-state index is 12.5. The van der Waals surface area contributed by atoms with Gasteiger partial charge in [0.15, 0.2) is 0 Å². The number of carboxylic acids is 1. The summed E-state index contributed by atoms with van der Waals surface area (Å²) in [6, 6.07) is 6.44. The lowest BCUT2D eigenvalue weighted by Crippen LogP contribution is -2.53. The minimum Gasteiger partial charge on any atom is -0.480 e. The highest BCUT2D eigenvalue weighted by Crippen LogP contribution is 2.27. The van der Waals surface area contributed by atoms with Gasteiger partial charge in [-0.05, 0) is 17.5 Å². The smallest absolute Gasteiger partial charge is 0.326 e. The summed E-state index contributed by atoms with van der Waals surface area (Å²) in [4.78, 5) is 37.6. The van der Waals surface area contributed by atoms with Crippen molar-refractivity contribution in [1.29, 1.82) is 0 Å². The number of aliphatic carboxylic acids is 1. The van der Waals surface area contributed by atoms with Gasteiger partial charge < -0.3 is 10.0 Å². The third-order valence-electron chi connectivity index (χ3n) is 4.49. The monoisotopic (exact) mass is 303 g/mol. The molecule has 1 aliphatic heterocycles. The van der Waals surface area contributed by atoms with E-state index in [0.717, 1.165) is 11.1 Å². The molecular weight excluding hydrogens is 282 g/mol. The summed E-state index contributed by atoms with van der Waals surface area (Å²) in [7, 11) is 0. The average Bonchev–Trinajstić information content (AvgIpc) is 2.51. The van der Waals surface area contributed by atoms with Gasteiger partial charge in [-0.2, -0.15) is 0 Å². The van der Waals surface area contributed by atoms with Gasteiger partial charge in [-0.15, -0.1) is 0 Å². The van der Waals surface area contributed by atoms with Crippen molar-refractivity contribution in [3.8, 4) is 0 Å². The van der Waals surface area contributed by atoms with Crippen molar-refractivity contribution in [2.75, 3.05) is 0 Å². The Bertz CT molecular complexity index is 621. The van der Waals surface area contributed by atoms with Crippen molar-refractivity contribution in [3.05, 3.63) is 35.4 Å². The number of carboxylic acid groups (broad SMARTS) is 1. The lowest BCUT2D eigenvalue weighted by molar-refractivity contribution is -0.157. The van der Waals surface area contributed by atoms with E-state index in [9.17, 15) is 19.5 Å². The van der Waals surface area contributed by atoms with Crippen molar-refractivity contribution in [3.63, 3.8) is 0 Å². The number of amides is 1. The summed E-state index contributed by atoms with van der Waals surface area (Å²) in [5.74, 6) is -2.31. The van der Waals surface area contributed by atoms with E-state index >= 15 is 0 Å². The predicted molar refractivity (Wildman–Crippen MR) is 81.2 cm³/mol. The number of fused-ring (bicyclic) bond motifs is 1. The Kier molecular flexibility index (Phi) is 4.35. The fraction of sp³-hybridized carbons (Fsp3) is 0.471. The largest absolute Gasteiger partial charge is 0.480 e. The molecule has 1 aliphatic rings. The highest BCUT2D eigenvalue weighted by molar-refractivity contribution is 6.38. The Morgan fingerprint density at radius 1 is 1.23 bits per heavy atom. The predicted octanol–water partition coefficient (Wildman–Crippen LogP) is 2.03. The highest BCUT2D eigenvalue weighted by atomic mass is 16.4. The molecule has 2 rings (SSSR count).